The van der Waals surface area contributed by atoms with E-state index < -0.39 is 0 Å². The highest BCUT2D eigenvalue weighted by Gasteiger charge is 2.09. The molecule has 3 aromatic rings. The second-order valence-corrected chi connectivity index (χ2v) is 4.64. The highest BCUT2D eigenvalue weighted by atomic mass is 15.3. The highest BCUT2D eigenvalue weighted by molar-refractivity contribution is 6.06. The zero-order valence-corrected chi connectivity index (χ0v) is 10.9. The van der Waals surface area contributed by atoms with Gasteiger partial charge in [-0.25, -0.2) is 0 Å². The van der Waals surface area contributed by atoms with Crippen LogP contribution in [0.3, 0.4) is 0 Å². The van der Waals surface area contributed by atoms with Crippen molar-refractivity contribution in [3.8, 4) is 0 Å². The lowest BCUT2D eigenvalue weighted by Gasteiger charge is -2.06. The molecule has 0 N–H and O–H groups in total. The number of benzene rings is 1. The molecule has 3 rings (SSSR count). The van der Waals surface area contributed by atoms with Crippen LogP contribution in [0.25, 0.3) is 21.7 Å². The molecule has 5 heteroatoms. The van der Waals surface area contributed by atoms with Crippen molar-refractivity contribution in [1.82, 2.24) is 25.6 Å². The van der Waals surface area contributed by atoms with Gasteiger partial charge in [-0.15, -0.1) is 10.2 Å². The summed E-state index contributed by atoms with van der Waals surface area (Å²) in [5, 5.41) is 23.3. The number of aryl methyl sites for hydroxylation is 1. The van der Waals surface area contributed by atoms with Gasteiger partial charge in [0.1, 0.15) is 0 Å². The van der Waals surface area contributed by atoms with Gasteiger partial charge in [0.2, 0.25) is 0 Å². The van der Waals surface area contributed by atoms with E-state index in [0.29, 0.717) is 0 Å². The summed E-state index contributed by atoms with van der Waals surface area (Å²) >= 11 is 0. The molecule has 0 amide bonds. The van der Waals surface area contributed by atoms with E-state index in [-0.39, 0.29) is 0 Å². The first-order valence-electron chi connectivity index (χ1n) is 6.61. The van der Waals surface area contributed by atoms with Crippen LogP contribution < -0.4 is 0 Å². The normalized spacial score (nSPS) is 11.2. The molecule has 19 heavy (non-hydrogen) atoms. The summed E-state index contributed by atoms with van der Waals surface area (Å²) in [6.45, 7) is 2.20. The van der Waals surface area contributed by atoms with Crippen molar-refractivity contribution in [2.24, 2.45) is 0 Å². The third kappa shape index (κ3) is 2.23. The molecule has 0 aliphatic carbocycles. The Bertz CT molecular complexity index is 710. The molecule has 0 unspecified atom stereocenters. The van der Waals surface area contributed by atoms with E-state index in [1.807, 2.05) is 12.1 Å². The van der Waals surface area contributed by atoms with Crippen molar-refractivity contribution in [1.29, 1.82) is 0 Å². The Kier molecular flexibility index (Phi) is 3.27. The van der Waals surface area contributed by atoms with Crippen molar-refractivity contribution in [2.75, 3.05) is 0 Å². The molecule has 2 heterocycles. The smallest absolute Gasteiger partial charge is 0.0973 e. The van der Waals surface area contributed by atoms with Gasteiger partial charge in [-0.2, -0.15) is 10.2 Å². The van der Waals surface area contributed by atoms with Crippen LogP contribution in [0.5, 0.6) is 0 Å². The predicted octanol–water partition coefficient (Wildman–Crippen LogP) is 2.70. The SMILES string of the molecule is CCCCCc1nnnc2ccc3cnncc3c12. The second-order valence-electron chi connectivity index (χ2n) is 4.64. The zero-order chi connectivity index (χ0) is 13.1. The molecule has 5 nitrogen and oxygen atoms in total. The molecule has 1 aromatic carbocycles. The summed E-state index contributed by atoms with van der Waals surface area (Å²) in [6, 6.07) is 3.97. The molecule has 0 bridgehead atoms. The maximum atomic E-state index is 4.22. The van der Waals surface area contributed by atoms with Gasteiger partial charge in [-0.1, -0.05) is 25.8 Å². The van der Waals surface area contributed by atoms with Crippen LogP contribution in [0.2, 0.25) is 0 Å². The minimum absolute atomic E-state index is 0.877. The summed E-state index contributed by atoms with van der Waals surface area (Å²) < 4.78 is 0. The van der Waals surface area contributed by atoms with Gasteiger partial charge in [-0.3, -0.25) is 0 Å². The van der Waals surface area contributed by atoms with Gasteiger partial charge in [0, 0.05) is 16.2 Å². The third-order valence-corrected chi connectivity index (χ3v) is 3.33. The van der Waals surface area contributed by atoms with E-state index in [1.54, 1.807) is 12.4 Å². The van der Waals surface area contributed by atoms with Gasteiger partial charge >= 0.3 is 0 Å². The number of aromatic nitrogens is 5. The molecule has 0 fully saturated rings. The maximum Gasteiger partial charge on any atom is 0.0973 e. The van der Waals surface area contributed by atoms with E-state index in [0.717, 1.165) is 40.2 Å². The lowest BCUT2D eigenvalue weighted by atomic mass is 10.0. The molecule has 2 aromatic heterocycles. The Morgan fingerprint density at radius 1 is 1.00 bits per heavy atom. The fourth-order valence-electron chi connectivity index (χ4n) is 2.34. The van der Waals surface area contributed by atoms with Crippen molar-refractivity contribution >= 4 is 21.7 Å². The van der Waals surface area contributed by atoms with Crippen molar-refractivity contribution < 1.29 is 0 Å². The average molecular weight is 253 g/mol. The Hall–Kier alpha value is -2.17. The second kappa shape index (κ2) is 5.22. The van der Waals surface area contributed by atoms with Crippen LogP contribution in [0.1, 0.15) is 31.9 Å². The summed E-state index contributed by atoms with van der Waals surface area (Å²) in [4.78, 5) is 0. The van der Waals surface area contributed by atoms with Crippen molar-refractivity contribution in [2.45, 2.75) is 32.6 Å². The summed E-state index contributed by atoms with van der Waals surface area (Å²) in [7, 11) is 0. The summed E-state index contributed by atoms with van der Waals surface area (Å²) in [6.07, 6.45) is 8.01. The number of unbranched alkanes of at least 4 members (excludes halogenated alkanes) is 2. The van der Waals surface area contributed by atoms with Crippen molar-refractivity contribution in [3.05, 3.63) is 30.2 Å². The summed E-state index contributed by atoms with van der Waals surface area (Å²) in [5.41, 5.74) is 1.89. The van der Waals surface area contributed by atoms with Gasteiger partial charge in [-0.05, 0) is 24.1 Å². The molecule has 96 valence electrons. The van der Waals surface area contributed by atoms with Crippen molar-refractivity contribution in [3.63, 3.8) is 0 Å². The Morgan fingerprint density at radius 2 is 1.89 bits per heavy atom. The number of hydrogen-bond acceptors (Lipinski definition) is 5. The predicted molar refractivity (Wildman–Crippen MR) is 73.7 cm³/mol. The molecular weight excluding hydrogens is 238 g/mol. The Labute approximate surface area is 111 Å². The molecule has 0 aliphatic rings. The summed E-state index contributed by atoms with van der Waals surface area (Å²) in [5.74, 6) is 0. The van der Waals surface area contributed by atoms with Gasteiger partial charge < -0.3 is 0 Å². The lowest BCUT2D eigenvalue weighted by Crippen LogP contribution is -1.99. The minimum atomic E-state index is 0.877. The fourth-order valence-corrected chi connectivity index (χ4v) is 2.34. The topological polar surface area (TPSA) is 64.5 Å². The van der Waals surface area contributed by atoms with Crippen LogP contribution in [-0.4, -0.2) is 25.6 Å². The number of fused-ring (bicyclic) bond motifs is 3. The standard InChI is InChI=1S/C14H15N5/c1-2-3-4-5-12-14-11-9-16-15-8-10(11)6-7-13(14)18-19-17-12/h6-9H,2-5H2,1H3. The van der Waals surface area contributed by atoms with E-state index in [1.165, 1.54) is 12.8 Å². The lowest BCUT2D eigenvalue weighted by molar-refractivity contribution is 0.696. The maximum absolute atomic E-state index is 4.22. The van der Waals surface area contributed by atoms with E-state index in [9.17, 15) is 0 Å². The monoisotopic (exact) mass is 253 g/mol. The fraction of sp³-hybridized carbons (Fsp3) is 0.357. The zero-order valence-electron chi connectivity index (χ0n) is 10.9. The first kappa shape index (κ1) is 11.9. The number of hydrogen-bond donors (Lipinski definition) is 0. The van der Waals surface area contributed by atoms with Gasteiger partial charge in [0.25, 0.3) is 0 Å². The molecule has 0 aliphatic heterocycles. The average Bonchev–Trinajstić information content (AvgIpc) is 2.47. The van der Waals surface area contributed by atoms with E-state index in [4.69, 9.17) is 0 Å². The van der Waals surface area contributed by atoms with Gasteiger partial charge in [0.15, 0.2) is 0 Å². The van der Waals surface area contributed by atoms with Crippen LogP contribution in [0.4, 0.5) is 0 Å². The molecule has 0 saturated heterocycles. The molecule has 0 atom stereocenters. The third-order valence-electron chi connectivity index (χ3n) is 3.33. The number of nitrogens with zero attached hydrogens (tertiary/aromatic N) is 5. The Morgan fingerprint density at radius 3 is 2.79 bits per heavy atom. The molecule has 0 saturated carbocycles. The van der Waals surface area contributed by atoms with E-state index >= 15 is 0 Å². The minimum Gasteiger partial charge on any atom is -0.158 e. The van der Waals surface area contributed by atoms with Crippen LogP contribution in [0, 0.1) is 0 Å². The van der Waals surface area contributed by atoms with Crippen LogP contribution in [-0.2, 0) is 6.42 Å². The largest absolute Gasteiger partial charge is 0.158 e. The first-order chi connectivity index (χ1) is 9.40. The number of rotatable bonds is 4. The molecule has 0 spiro atoms. The first-order valence-corrected chi connectivity index (χ1v) is 6.61. The molecule has 0 radical (unpaired) electrons. The van der Waals surface area contributed by atoms with Crippen LogP contribution in [0.15, 0.2) is 24.5 Å². The van der Waals surface area contributed by atoms with Gasteiger partial charge in [0.05, 0.1) is 23.6 Å². The van der Waals surface area contributed by atoms with E-state index in [2.05, 4.69) is 32.5 Å². The quantitative estimate of drug-likeness (QED) is 0.528. The molecular formula is C14H15N5. The Balaban J connectivity index is 2.18. The highest BCUT2D eigenvalue weighted by Crippen LogP contribution is 2.25. The van der Waals surface area contributed by atoms with Crippen LogP contribution >= 0.6 is 0 Å².